The molecule has 29 heavy (non-hydrogen) atoms. The molecule has 0 aliphatic rings. The number of rotatable bonds is 7. The number of halogens is 1. The molecule has 2 aromatic carbocycles. The Bertz CT molecular complexity index is 1000. The quantitative estimate of drug-likeness (QED) is 0.561. The number of nitrogens with one attached hydrogen (secondary N) is 2. The third kappa shape index (κ3) is 5.82. The number of hydrogen-bond donors (Lipinski definition) is 2. The zero-order chi connectivity index (χ0) is 20.8. The first-order valence-corrected chi connectivity index (χ1v) is 10.2. The van der Waals surface area contributed by atoms with Crippen LogP contribution in [0.3, 0.4) is 0 Å². The molecule has 2 amide bonds. The predicted octanol–water partition coefficient (Wildman–Crippen LogP) is 3.44. The number of carbonyl (C=O) groups excluding carboxylic acids is 2. The van der Waals surface area contributed by atoms with Crippen LogP contribution in [0.4, 0.5) is 5.69 Å². The van der Waals surface area contributed by atoms with Crippen molar-refractivity contribution in [3.63, 3.8) is 0 Å². The van der Waals surface area contributed by atoms with Crippen molar-refractivity contribution in [2.75, 3.05) is 11.1 Å². The summed E-state index contributed by atoms with van der Waals surface area (Å²) < 4.78 is 1.76. The molecule has 150 valence electrons. The Morgan fingerprint density at radius 1 is 1.07 bits per heavy atom. The van der Waals surface area contributed by atoms with Gasteiger partial charge in [-0.25, -0.2) is 0 Å². The van der Waals surface area contributed by atoms with E-state index in [2.05, 4.69) is 20.8 Å². The largest absolute Gasteiger partial charge is 0.345 e. The summed E-state index contributed by atoms with van der Waals surface area (Å²) in [7, 11) is 1.80. The molecule has 0 saturated carbocycles. The first kappa shape index (κ1) is 20.9. The number of anilines is 1. The molecule has 1 heterocycles. The average Bonchev–Trinajstić information content (AvgIpc) is 3.06. The monoisotopic (exact) mass is 429 g/mol. The van der Waals surface area contributed by atoms with Crippen LogP contribution in [0.15, 0.2) is 53.7 Å². The Hall–Kier alpha value is -2.84. The fourth-order valence-corrected chi connectivity index (χ4v) is 3.31. The predicted molar refractivity (Wildman–Crippen MR) is 114 cm³/mol. The van der Waals surface area contributed by atoms with Crippen molar-refractivity contribution in [2.24, 2.45) is 7.05 Å². The van der Waals surface area contributed by atoms with E-state index in [1.54, 1.807) is 48.0 Å². The minimum atomic E-state index is -0.176. The van der Waals surface area contributed by atoms with Gasteiger partial charge < -0.3 is 15.2 Å². The van der Waals surface area contributed by atoms with Crippen molar-refractivity contribution in [2.45, 2.75) is 18.6 Å². The standard InChI is InChI=1S/C20H20ClN5O2S/c1-13-3-5-14(6-4-13)19(28)22-11-17-24-25-20(26(17)2)29-12-18(27)23-16-9-7-15(21)8-10-16/h3-10H,11-12H2,1-2H3,(H,22,28)(H,23,27). The molecule has 2 N–H and O–H groups in total. The van der Waals surface area contributed by atoms with Gasteiger partial charge in [0.2, 0.25) is 5.91 Å². The molecule has 0 saturated heterocycles. The molecule has 0 spiro atoms. The highest BCUT2D eigenvalue weighted by molar-refractivity contribution is 7.99. The highest BCUT2D eigenvalue weighted by Gasteiger charge is 2.13. The molecule has 0 radical (unpaired) electrons. The van der Waals surface area contributed by atoms with E-state index in [1.165, 1.54) is 11.8 Å². The third-order valence-electron chi connectivity index (χ3n) is 4.11. The molecule has 0 atom stereocenters. The molecule has 9 heteroatoms. The lowest BCUT2D eigenvalue weighted by atomic mass is 10.1. The zero-order valence-electron chi connectivity index (χ0n) is 16.0. The van der Waals surface area contributed by atoms with Crippen LogP contribution in [-0.4, -0.2) is 32.3 Å². The van der Waals surface area contributed by atoms with Gasteiger partial charge in [-0.15, -0.1) is 10.2 Å². The Kier molecular flexibility index (Phi) is 6.90. The summed E-state index contributed by atoms with van der Waals surface area (Å²) in [6.07, 6.45) is 0. The molecule has 3 aromatic rings. The molecular weight excluding hydrogens is 410 g/mol. The first-order valence-electron chi connectivity index (χ1n) is 8.84. The van der Waals surface area contributed by atoms with E-state index in [4.69, 9.17) is 11.6 Å². The van der Waals surface area contributed by atoms with Gasteiger partial charge in [-0.3, -0.25) is 9.59 Å². The molecule has 0 aliphatic carbocycles. The van der Waals surface area contributed by atoms with E-state index >= 15 is 0 Å². The molecule has 0 aliphatic heterocycles. The van der Waals surface area contributed by atoms with Crippen LogP contribution in [0.2, 0.25) is 5.02 Å². The summed E-state index contributed by atoms with van der Waals surface area (Å²) in [6.45, 7) is 2.21. The number of aromatic nitrogens is 3. The van der Waals surface area contributed by atoms with Crippen LogP contribution in [0.25, 0.3) is 0 Å². The molecule has 0 fully saturated rings. The fourth-order valence-electron chi connectivity index (χ4n) is 2.45. The minimum absolute atomic E-state index is 0.158. The second-order valence-corrected chi connectivity index (χ2v) is 7.73. The number of amides is 2. The van der Waals surface area contributed by atoms with Crippen molar-refractivity contribution < 1.29 is 9.59 Å². The number of aryl methyl sites for hydroxylation is 1. The van der Waals surface area contributed by atoms with Crippen LogP contribution >= 0.6 is 23.4 Å². The smallest absolute Gasteiger partial charge is 0.251 e. The van der Waals surface area contributed by atoms with Crippen LogP contribution in [0.1, 0.15) is 21.7 Å². The molecule has 7 nitrogen and oxygen atoms in total. The summed E-state index contributed by atoms with van der Waals surface area (Å²) in [4.78, 5) is 24.3. The van der Waals surface area contributed by atoms with Gasteiger partial charge in [0.05, 0.1) is 12.3 Å². The van der Waals surface area contributed by atoms with Crippen molar-refractivity contribution in [3.05, 3.63) is 70.5 Å². The first-order chi connectivity index (χ1) is 13.9. The zero-order valence-corrected chi connectivity index (χ0v) is 17.5. The van der Waals surface area contributed by atoms with E-state index in [0.29, 0.717) is 27.3 Å². The van der Waals surface area contributed by atoms with Crippen LogP contribution in [-0.2, 0) is 18.4 Å². The summed E-state index contributed by atoms with van der Waals surface area (Å²) in [5.41, 5.74) is 2.36. The maximum absolute atomic E-state index is 12.2. The Labute approximate surface area is 177 Å². The second kappa shape index (κ2) is 9.58. The SMILES string of the molecule is Cc1ccc(C(=O)NCc2nnc(SCC(=O)Nc3ccc(Cl)cc3)n2C)cc1. The number of benzene rings is 2. The van der Waals surface area contributed by atoms with Crippen molar-refractivity contribution in [1.29, 1.82) is 0 Å². The summed E-state index contributed by atoms with van der Waals surface area (Å²) in [6, 6.07) is 14.2. The molecule has 3 rings (SSSR count). The van der Waals surface area contributed by atoms with Gasteiger partial charge in [0, 0.05) is 23.3 Å². The molecule has 0 bridgehead atoms. The second-order valence-electron chi connectivity index (χ2n) is 6.35. The third-order valence-corrected chi connectivity index (χ3v) is 5.38. The molecular formula is C20H20ClN5O2S. The molecule has 0 unspecified atom stereocenters. The van der Waals surface area contributed by atoms with Crippen LogP contribution in [0.5, 0.6) is 0 Å². The lowest BCUT2D eigenvalue weighted by Gasteiger charge is -2.07. The molecule has 1 aromatic heterocycles. The normalized spacial score (nSPS) is 10.6. The van der Waals surface area contributed by atoms with E-state index in [0.717, 1.165) is 5.56 Å². The average molecular weight is 430 g/mol. The van der Waals surface area contributed by atoms with E-state index in [1.807, 2.05) is 19.1 Å². The number of thioether (sulfide) groups is 1. The van der Waals surface area contributed by atoms with Crippen molar-refractivity contribution >= 4 is 40.9 Å². The lowest BCUT2D eigenvalue weighted by Crippen LogP contribution is -2.24. The Balaban J connectivity index is 1.51. The van der Waals surface area contributed by atoms with Crippen molar-refractivity contribution in [3.8, 4) is 0 Å². The van der Waals surface area contributed by atoms with Gasteiger partial charge in [0.1, 0.15) is 0 Å². The summed E-state index contributed by atoms with van der Waals surface area (Å²) in [5, 5.41) is 15.0. The van der Waals surface area contributed by atoms with E-state index in [9.17, 15) is 9.59 Å². The van der Waals surface area contributed by atoms with Gasteiger partial charge in [0.15, 0.2) is 11.0 Å². The van der Waals surface area contributed by atoms with Crippen molar-refractivity contribution in [1.82, 2.24) is 20.1 Å². The maximum Gasteiger partial charge on any atom is 0.251 e. The Morgan fingerprint density at radius 3 is 2.45 bits per heavy atom. The summed E-state index contributed by atoms with van der Waals surface area (Å²) >= 11 is 7.10. The number of carbonyl (C=O) groups is 2. The number of hydrogen-bond acceptors (Lipinski definition) is 5. The minimum Gasteiger partial charge on any atom is -0.345 e. The highest BCUT2D eigenvalue weighted by atomic mass is 35.5. The lowest BCUT2D eigenvalue weighted by molar-refractivity contribution is -0.113. The van der Waals surface area contributed by atoms with Crippen LogP contribution < -0.4 is 10.6 Å². The highest BCUT2D eigenvalue weighted by Crippen LogP contribution is 2.17. The fraction of sp³-hybridized carbons (Fsp3) is 0.200. The Morgan fingerprint density at radius 2 is 1.76 bits per heavy atom. The topological polar surface area (TPSA) is 88.9 Å². The van der Waals surface area contributed by atoms with Gasteiger partial charge >= 0.3 is 0 Å². The van der Waals surface area contributed by atoms with E-state index < -0.39 is 0 Å². The number of nitrogens with zero attached hydrogens (tertiary/aromatic N) is 3. The van der Waals surface area contributed by atoms with Gasteiger partial charge in [-0.1, -0.05) is 41.1 Å². The maximum atomic E-state index is 12.2. The van der Waals surface area contributed by atoms with Gasteiger partial charge in [-0.2, -0.15) is 0 Å². The van der Waals surface area contributed by atoms with Crippen LogP contribution in [0, 0.1) is 6.92 Å². The van der Waals surface area contributed by atoms with Gasteiger partial charge in [0.25, 0.3) is 5.91 Å². The van der Waals surface area contributed by atoms with Gasteiger partial charge in [-0.05, 0) is 43.3 Å². The summed E-state index contributed by atoms with van der Waals surface area (Å²) in [5.74, 6) is 0.454. The van der Waals surface area contributed by atoms with E-state index in [-0.39, 0.29) is 24.1 Å².